The second-order valence-electron chi connectivity index (χ2n) is 9.70. The molecule has 4 aromatic rings. The van der Waals surface area contributed by atoms with Gasteiger partial charge in [-0.3, -0.25) is 0 Å². The fourth-order valence-electron chi connectivity index (χ4n) is 4.35. The summed E-state index contributed by atoms with van der Waals surface area (Å²) in [5, 5.41) is 4.03. The van der Waals surface area contributed by atoms with Crippen molar-refractivity contribution in [3.8, 4) is 11.1 Å². The van der Waals surface area contributed by atoms with Crippen molar-refractivity contribution in [2.75, 3.05) is 6.61 Å². The number of rotatable bonds is 5. The summed E-state index contributed by atoms with van der Waals surface area (Å²) in [6.45, 7) is 7.31. The standard InChI is InChI=1S/C31H30NOP/c1-31(2,3)29-22-33-30(32-29)27-20-11-10-18-25(27)26-19-12-13-21-28(26)34(23-14-6-4-7-15-23)24-16-8-5-9-17-24/h4-21,29H,22H2,1-3H3/t29-/m0/s1. The van der Waals surface area contributed by atoms with Crippen molar-refractivity contribution in [3.05, 3.63) is 115 Å². The summed E-state index contributed by atoms with van der Waals surface area (Å²) in [5.41, 5.74) is 3.55. The second kappa shape index (κ2) is 9.57. The molecule has 0 aliphatic carbocycles. The van der Waals surface area contributed by atoms with E-state index in [-0.39, 0.29) is 11.5 Å². The van der Waals surface area contributed by atoms with Crippen molar-refractivity contribution >= 4 is 29.7 Å². The van der Waals surface area contributed by atoms with Gasteiger partial charge >= 0.3 is 0 Å². The van der Waals surface area contributed by atoms with E-state index in [9.17, 15) is 0 Å². The Bertz CT molecular complexity index is 1250. The summed E-state index contributed by atoms with van der Waals surface area (Å²) in [5.74, 6) is 0.758. The van der Waals surface area contributed by atoms with Gasteiger partial charge in [0.1, 0.15) is 6.61 Å². The number of aliphatic imine (C=N–C) groups is 1. The number of nitrogens with zero attached hydrogens (tertiary/aromatic N) is 1. The Morgan fingerprint density at radius 3 is 1.71 bits per heavy atom. The van der Waals surface area contributed by atoms with E-state index in [2.05, 4.69) is 130 Å². The van der Waals surface area contributed by atoms with E-state index < -0.39 is 7.92 Å². The van der Waals surface area contributed by atoms with E-state index in [1.807, 2.05) is 0 Å². The summed E-state index contributed by atoms with van der Waals surface area (Å²) in [4.78, 5) is 5.01. The predicted molar refractivity (Wildman–Crippen MR) is 146 cm³/mol. The Morgan fingerprint density at radius 1 is 0.647 bits per heavy atom. The Labute approximate surface area is 204 Å². The smallest absolute Gasteiger partial charge is 0.217 e. The number of ether oxygens (including phenoxy) is 1. The maximum absolute atomic E-state index is 6.17. The monoisotopic (exact) mass is 463 g/mol. The molecular weight excluding hydrogens is 433 g/mol. The van der Waals surface area contributed by atoms with Gasteiger partial charge in [-0.25, -0.2) is 4.99 Å². The lowest BCUT2D eigenvalue weighted by Gasteiger charge is -2.23. The van der Waals surface area contributed by atoms with Gasteiger partial charge in [0.2, 0.25) is 5.90 Å². The molecule has 1 heterocycles. The molecule has 0 N–H and O–H groups in total. The molecule has 0 saturated heterocycles. The molecule has 0 saturated carbocycles. The summed E-state index contributed by atoms with van der Waals surface area (Å²) in [6, 6.07) is 39.2. The maximum Gasteiger partial charge on any atom is 0.217 e. The van der Waals surface area contributed by atoms with Crippen LogP contribution in [0.1, 0.15) is 26.3 Å². The molecule has 0 unspecified atom stereocenters. The topological polar surface area (TPSA) is 21.6 Å². The average molecular weight is 464 g/mol. The molecule has 0 amide bonds. The Hall–Kier alpha value is -3.22. The van der Waals surface area contributed by atoms with Gasteiger partial charge in [0.15, 0.2) is 0 Å². The lowest BCUT2D eigenvalue weighted by Crippen LogP contribution is -2.25. The summed E-state index contributed by atoms with van der Waals surface area (Å²) in [6.07, 6.45) is 0. The highest BCUT2D eigenvalue weighted by atomic mass is 31.1. The molecule has 3 heteroatoms. The van der Waals surface area contributed by atoms with Crippen molar-refractivity contribution in [1.82, 2.24) is 0 Å². The SMILES string of the molecule is CC(C)(C)[C@@H]1COC(c2ccccc2-c2ccccc2P(c2ccccc2)c2ccccc2)=N1. The van der Waals surface area contributed by atoms with Crippen LogP contribution in [-0.2, 0) is 4.74 Å². The van der Waals surface area contributed by atoms with Gasteiger partial charge in [0.05, 0.1) is 6.04 Å². The zero-order valence-electron chi connectivity index (χ0n) is 20.0. The quantitative estimate of drug-likeness (QED) is 0.318. The molecule has 4 aromatic carbocycles. The lowest BCUT2D eigenvalue weighted by molar-refractivity contribution is 0.236. The minimum atomic E-state index is -0.723. The molecule has 0 fully saturated rings. The van der Waals surface area contributed by atoms with Crippen molar-refractivity contribution in [2.24, 2.45) is 10.4 Å². The van der Waals surface area contributed by atoms with Crippen LogP contribution in [-0.4, -0.2) is 18.5 Å². The molecule has 0 radical (unpaired) electrons. The van der Waals surface area contributed by atoms with Gasteiger partial charge < -0.3 is 4.74 Å². The maximum atomic E-state index is 6.17. The van der Waals surface area contributed by atoms with Crippen LogP contribution in [0.3, 0.4) is 0 Å². The largest absolute Gasteiger partial charge is 0.475 e. The van der Waals surface area contributed by atoms with Gasteiger partial charge in [-0.2, -0.15) is 0 Å². The first-order valence-corrected chi connectivity index (χ1v) is 13.2. The summed E-state index contributed by atoms with van der Waals surface area (Å²) < 4.78 is 6.17. The van der Waals surface area contributed by atoms with Crippen LogP contribution in [0.15, 0.2) is 114 Å². The van der Waals surface area contributed by atoms with Crippen LogP contribution in [0, 0.1) is 5.41 Å². The van der Waals surface area contributed by atoms with Gasteiger partial charge in [-0.05, 0) is 46.4 Å². The van der Waals surface area contributed by atoms with E-state index in [0.29, 0.717) is 6.61 Å². The fraction of sp³-hybridized carbons (Fsp3) is 0.194. The Kier molecular flexibility index (Phi) is 6.35. The third-order valence-electron chi connectivity index (χ3n) is 6.27. The molecule has 5 rings (SSSR count). The number of benzene rings is 4. The van der Waals surface area contributed by atoms with Crippen molar-refractivity contribution in [3.63, 3.8) is 0 Å². The van der Waals surface area contributed by atoms with E-state index >= 15 is 0 Å². The van der Waals surface area contributed by atoms with Crippen molar-refractivity contribution < 1.29 is 4.74 Å². The highest BCUT2D eigenvalue weighted by Crippen LogP contribution is 2.38. The van der Waals surface area contributed by atoms with Crippen LogP contribution in [0.5, 0.6) is 0 Å². The van der Waals surface area contributed by atoms with Gasteiger partial charge in [-0.15, -0.1) is 0 Å². The van der Waals surface area contributed by atoms with Crippen molar-refractivity contribution in [1.29, 1.82) is 0 Å². The third kappa shape index (κ3) is 4.56. The third-order valence-corrected chi connectivity index (χ3v) is 8.77. The van der Waals surface area contributed by atoms with Crippen molar-refractivity contribution in [2.45, 2.75) is 26.8 Å². The lowest BCUT2D eigenvalue weighted by atomic mass is 9.88. The van der Waals surface area contributed by atoms with E-state index in [4.69, 9.17) is 9.73 Å². The first-order valence-electron chi connectivity index (χ1n) is 11.8. The summed E-state index contributed by atoms with van der Waals surface area (Å²) in [7, 11) is -0.723. The van der Waals surface area contributed by atoms with E-state index in [1.165, 1.54) is 27.0 Å². The first-order chi connectivity index (χ1) is 16.5. The first kappa shape index (κ1) is 22.6. The fourth-order valence-corrected chi connectivity index (χ4v) is 6.81. The summed E-state index contributed by atoms with van der Waals surface area (Å²) >= 11 is 0. The molecule has 170 valence electrons. The van der Waals surface area contributed by atoms with Crippen LogP contribution in [0.4, 0.5) is 0 Å². The van der Waals surface area contributed by atoms with E-state index in [0.717, 1.165) is 11.5 Å². The van der Waals surface area contributed by atoms with Crippen LogP contribution in [0.25, 0.3) is 11.1 Å². The molecule has 0 spiro atoms. The minimum absolute atomic E-state index is 0.0730. The van der Waals surface area contributed by atoms with E-state index in [1.54, 1.807) is 0 Å². The number of hydrogen-bond donors (Lipinski definition) is 0. The van der Waals surface area contributed by atoms with Gasteiger partial charge in [0, 0.05) is 5.56 Å². The van der Waals surface area contributed by atoms with Gasteiger partial charge in [0.25, 0.3) is 0 Å². The Morgan fingerprint density at radius 2 is 1.15 bits per heavy atom. The minimum Gasteiger partial charge on any atom is -0.475 e. The molecule has 1 atom stereocenters. The van der Waals surface area contributed by atoms with Crippen LogP contribution >= 0.6 is 7.92 Å². The molecule has 2 nitrogen and oxygen atoms in total. The van der Waals surface area contributed by atoms with Crippen LogP contribution in [0.2, 0.25) is 0 Å². The molecule has 0 bridgehead atoms. The zero-order chi connectivity index (χ0) is 23.5. The molecule has 1 aliphatic heterocycles. The Balaban J connectivity index is 1.67. The van der Waals surface area contributed by atoms with Crippen LogP contribution < -0.4 is 15.9 Å². The molecule has 1 aliphatic rings. The molecule has 34 heavy (non-hydrogen) atoms. The second-order valence-corrected chi connectivity index (χ2v) is 11.9. The highest BCUT2D eigenvalue weighted by Gasteiger charge is 2.32. The predicted octanol–water partition coefficient (Wildman–Crippen LogP) is 6.30. The average Bonchev–Trinajstić information content (AvgIpc) is 3.37. The molecule has 0 aromatic heterocycles. The highest BCUT2D eigenvalue weighted by molar-refractivity contribution is 7.80. The number of hydrogen-bond acceptors (Lipinski definition) is 2. The normalized spacial score (nSPS) is 15.8. The zero-order valence-corrected chi connectivity index (χ0v) is 20.9. The molecular formula is C31H30NOP. The van der Waals surface area contributed by atoms with Gasteiger partial charge in [-0.1, -0.05) is 124 Å².